The molecule has 1 aliphatic heterocycles. The van der Waals surface area contributed by atoms with Gasteiger partial charge in [0.05, 0.1) is 22.3 Å². The van der Waals surface area contributed by atoms with Crippen molar-refractivity contribution in [3.8, 4) is 0 Å². The summed E-state index contributed by atoms with van der Waals surface area (Å²) in [5, 5.41) is 4.51. The van der Waals surface area contributed by atoms with Crippen molar-refractivity contribution in [2.75, 3.05) is 35.3 Å². The monoisotopic (exact) mass is 454 g/mol. The van der Waals surface area contributed by atoms with Crippen LogP contribution in [0.5, 0.6) is 0 Å². The van der Waals surface area contributed by atoms with Gasteiger partial charge in [0.15, 0.2) is 0 Å². The summed E-state index contributed by atoms with van der Waals surface area (Å²) in [5.41, 5.74) is 2.61. The second kappa shape index (κ2) is 11.3. The summed E-state index contributed by atoms with van der Waals surface area (Å²) < 4.78 is 0. The normalized spacial score (nSPS) is 16.3. The minimum absolute atomic E-state index is 0.192. The van der Waals surface area contributed by atoms with Gasteiger partial charge in [-0.15, -0.1) is 11.3 Å². The highest BCUT2D eigenvalue weighted by Crippen LogP contribution is 2.30. The summed E-state index contributed by atoms with van der Waals surface area (Å²) in [5.74, 6) is 0.902. The van der Waals surface area contributed by atoms with Crippen molar-refractivity contribution in [2.45, 2.75) is 19.9 Å². The third-order valence-electron chi connectivity index (χ3n) is 4.15. The van der Waals surface area contributed by atoms with Crippen LogP contribution >= 0.6 is 34.7 Å². The maximum Gasteiger partial charge on any atom is 0.275 e. The molecule has 10 heteroatoms. The van der Waals surface area contributed by atoms with Crippen molar-refractivity contribution in [1.29, 1.82) is 0 Å². The Balaban J connectivity index is 0.00000145. The molecule has 1 unspecified atom stereocenters. The minimum Gasteiger partial charge on any atom is -0.321 e. The average molecular weight is 455 g/mol. The van der Waals surface area contributed by atoms with Gasteiger partial charge in [-0.3, -0.25) is 24.2 Å². The summed E-state index contributed by atoms with van der Waals surface area (Å²) in [7, 11) is 1.87. The molecule has 0 saturated carbocycles. The third-order valence-corrected chi connectivity index (χ3v) is 6.07. The number of benzene rings is 1. The molecule has 29 heavy (non-hydrogen) atoms. The van der Waals surface area contributed by atoms with Gasteiger partial charge in [0.2, 0.25) is 6.41 Å². The summed E-state index contributed by atoms with van der Waals surface area (Å²) in [4.78, 5) is 43.4. The molecule has 1 aliphatic rings. The lowest BCUT2D eigenvalue weighted by Crippen LogP contribution is -2.51. The largest absolute Gasteiger partial charge is 0.321 e. The summed E-state index contributed by atoms with van der Waals surface area (Å²) in [6.45, 7) is 4.78. The van der Waals surface area contributed by atoms with E-state index in [-0.39, 0.29) is 28.6 Å². The van der Waals surface area contributed by atoms with Gasteiger partial charge in [-0.05, 0) is 25.2 Å². The number of amides is 3. The molecule has 0 spiro atoms. The topological polar surface area (TPSA) is 82.6 Å². The molecular weight excluding hydrogens is 432 g/mol. The van der Waals surface area contributed by atoms with Crippen molar-refractivity contribution in [2.24, 2.45) is 0 Å². The van der Waals surface area contributed by atoms with Crippen LogP contribution in [0, 0.1) is 0 Å². The van der Waals surface area contributed by atoms with E-state index in [0.29, 0.717) is 23.5 Å². The van der Waals surface area contributed by atoms with Gasteiger partial charge in [-0.25, -0.2) is 4.98 Å². The number of likely N-dealkylation sites (N-methyl/N-ethyl adjacent to an activating group) is 1. The van der Waals surface area contributed by atoms with E-state index >= 15 is 0 Å². The molecule has 2 heterocycles. The summed E-state index contributed by atoms with van der Waals surface area (Å²) >= 11 is 9.29. The number of hydrogen-bond acceptors (Lipinski definition) is 7. The molecule has 0 aliphatic carbocycles. The van der Waals surface area contributed by atoms with E-state index < -0.39 is 0 Å². The number of imide groups is 1. The van der Waals surface area contributed by atoms with Gasteiger partial charge in [0, 0.05) is 29.1 Å². The van der Waals surface area contributed by atoms with Gasteiger partial charge in [-0.1, -0.05) is 25.4 Å². The van der Waals surface area contributed by atoms with Crippen LogP contribution in [-0.2, 0) is 9.59 Å². The molecule has 3 amide bonds. The smallest absolute Gasteiger partial charge is 0.275 e. The Bertz CT molecular complexity index is 848. The Labute approximate surface area is 183 Å². The molecule has 1 aromatic carbocycles. The number of thiazole rings is 1. The van der Waals surface area contributed by atoms with Gasteiger partial charge in [0.25, 0.3) is 11.8 Å². The number of thioether (sulfide) groups is 1. The summed E-state index contributed by atoms with van der Waals surface area (Å²) in [6.07, 6.45) is 0.476. The fraction of sp³-hybridized carbons (Fsp3) is 0.368. The molecule has 1 fully saturated rings. The van der Waals surface area contributed by atoms with E-state index in [4.69, 9.17) is 11.6 Å². The Morgan fingerprint density at radius 3 is 2.72 bits per heavy atom. The zero-order chi connectivity index (χ0) is 21.4. The number of carbonyl (C=O) groups excluding carboxylic acids is 3. The molecule has 0 bridgehead atoms. The molecule has 1 aromatic heterocycles. The maximum absolute atomic E-state index is 12.8. The SMILES string of the molecule is CC.CN1CCSCC1C(=O)N(C=O)c1ccc(NC(=O)c2cscn2)cc1Cl. The predicted molar refractivity (Wildman–Crippen MR) is 120 cm³/mol. The number of anilines is 2. The van der Waals surface area contributed by atoms with Crippen molar-refractivity contribution in [3.63, 3.8) is 0 Å². The fourth-order valence-corrected chi connectivity index (χ4v) is 4.64. The zero-order valence-electron chi connectivity index (χ0n) is 16.4. The van der Waals surface area contributed by atoms with Crippen LogP contribution in [0.1, 0.15) is 24.3 Å². The van der Waals surface area contributed by atoms with E-state index in [2.05, 4.69) is 10.3 Å². The zero-order valence-corrected chi connectivity index (χ0v) is 18.8. The second-order valence-electron chi connectivity index (χ2n) is 5.88. The van der Waals surface area contributed by atoms with Gasteiger partial charge < -0.3 is 5.32 Å². The average Bonchev–Trinajstić information content (AvgIpc) is 3.27. The molecule has 7 nitrogen and oxygen atoms in total. The number of aromatic nitrogens is 1. The first-order chi connectivity index (χ1) is 14.0. The highest BCUT2D eigenvalue weighted by atomic mass is 35.5. The molecular formula is C19H23ClN4O3S2. The Kier molecular flexibility index (Phi) is 9.09. The number of carbonyl (C=O) groups is 3. The molecule has 1 N–H and O–H groups in total. The Hall–Kier alpha value is -1.94. The van der Waals surface area contributed by atoms with Crippen molar-refractivity contribution in [1.82, 2.24) is 9.88 Å². The number of hydrogen-bond donors (Lipinski definition) is 1. The van der Waals surface area contributed by atoms with Crippen LogP contribution in [-0.4, -0.2) is 59.2 Å². The van der Waals surface area contributed by atoms with Crippen LogP contribution < -0.4 is 10.2 Å². The van der Waals surface area contributed by atoms with Crippen LogP contribution in [0.15, 0.2) is 29.1 Å². The van der Waals surface area contributed by atoms with Crippen molar-refractivity contribution >= 4 is 64.3 Å². The van der Waals surface area contributed by atoms with Gasteiger partial charge in [0.1, 0.15) is 5.69 Å². The number of nitrogens with zero attached hydrogens (tertiary/aromatic N) is 3. The predicted octanol–water partition coefficient (Wildman–Crippen LogP) is 3.61. The van der Waals surface area contributed by atoms with E-state index in [9.17, 15) is 14.4 Å². The Morgan fingerprint density at radius 2 is 2.14 bits per heavy atom. The van der Waals surface area contributed by atoms with Crippen molar-refractivity contribution in [3.05, 3.63) is 39.8 Å². The molecule has 0 radical (unpaired) electrons. The lowest BCUT2D eigenvalue weighted by molar-refractivity contribution is -0.125. The van der Waals surface area contributed by atoms with Crippen LogP contribution in [0.25, 0.3) is 0 Å². The molecule has 156 valence electrons. The van der Waals surface area contributed by atoms with E-state index in [0.717, 1.165) is 17.2 Å². The fourth-order valence-electron chi connectivity index (χ4n) is 2.63. The standard InChI is InChI=1S/C17H17ClN4O3S2.C2H6/c1-21-4-5-26-8-15(21)17(25)22(10-23)14-3-2-11(6-12(14)18)20-16(24)13-7-27-9-19-13;1-2/h2-3,6-7,9-10,15H,4-5,8H2,1H3,(H,20,24);1-2H3. The Morgan fingerprint density at radius 1 is 1.38 bits per heavy atom. The number of rotatable bonds is 5. The number of nitrogens with one attached hydrogen (secondary N) is 1. The highest BCUT2D eigenvalue weighted by molar-refractivity contribution is 7.99. The lowest BCUT2D eigenvalue weighted by Gasteiger charge is -2.33. The van der Waals surface area contributed by atoms with Crippen LogP contribution in [0.2, 0.25) is 5.02 Å². The van der Waals surface area contributed by atoms with Gasteiger partial charge in [-0.2, -0.15) is 11.8 Å². The molecule has 3 rings (SSSR count). The first kappa shape index (κ1) is 23.3. The lowest BCUT2D eigenvalue weighted by atomic mass is 10.2. The quantitative estimate of drug-likeness (QED) is 0.695. The summed E-state index contributed by atoms with van der Waals surface area (Å²) in [6, 6.07) is 4.26. The second-order valence-corrected chi connectivity index (χ2v) is 8.15. The van der Waals surface area contributed by atoms with Crippen LogP contribution in [0.3, 0.4) is 0 Å². The molecule has 1 saturated heterocycles. The first-order valence-corrected chi connectivity index (χ1v) is 11.5. The first-order valence-electron chi connectivity index (χ1n) is 9.06. The third kappa shape index (κ3) is 5.79. The van der Waals surface area contributed by atoms with E-state index in [1.54, 1.807) is 34.8 Å². The van der Waals surface area contributed by atoms with Crippen molar-refractivity contribution < 1.29 is 14.4 Å². The minimum atomic E-state index is -0.380. The number of halogens is 1. The molecule has 1 atom stereocenters. The maximum atomic E-state index is 12.8. The van der Waals surface area contributed by atoms with Gasteiger partial charge >= 0.3 is 0 Å². The van der Waals surface area contributed by atoms with Crippen LogP contribution in [0.4, 0.5) is 11.4 Å². The van der Waals surface area contributed by atoms with E-state index in [1.165, 1.54) is 17.4 Å². The highest BCUT2D eigenvalue weighted by Gasteiger charge is 2.31. The van der Waals surface area contributed by atoms with E-state index in [1.807, 2.05) is 25.8 Å². The molecule has 2 aromatic rings.